The SMILES string of the molecule is Cc1ccc(S(=O)(=O)N(CC(=O)NC(C)(C)Cc2ccccc2)c2ccc(Cl)cc2C)cc1. The van der Waals surface area contributed by atoms with Gasteiger partial charge in [0.05, 0.1) is 10.6 Å². The minimum atomic E-state index is -3.99. The number of aryl methyl sites for hydroxylation is 2. The van der Waals surface area contributed by atoms with Gasteiger partial charge in [0.1, 0.15) is 6.54 Å². The van der Waals surface area contributed by atoms with Crippen LogP contribution in [0.3, 0.4) is 0 Å². The number of sulfonamides is 1. The highest BCUT2D eigenvalue weighted by Crippen LogP contribution is 2.29. The molecule has 0 unspecified atom stereocenters. The molecule has 3 aromatic rings. The first-order chi connectivity index (χ1) is 15.5. The van der Waals surface area contributed by atoms with E-state index >= 15 is 0 Å². The van der Waals surface area contributed by atoms with Gasteiger partial charge in [0, 0.05) is 10.6 Å². The third-order valence-electron chi connectivity index (χ3n) is 5.29. The fourth-order valence-electron chi connectivity index (χ4n) is 3.73. The lowest BCUT2D eigenvalue weighted by Crippen LogP contribution is -2.50. The molecule has 174 valence electrons. The number of nitrogens with one attached hydrogen (secondary N) is 1. The topological polar surface area (TPSA) is 66.5 Å². The zero-order chi connectivity index (χ0) is 24.2. The van der Waals surface area contributed by atoms with Crippen LogP contribution in [0, 0.1) is 13.8 Å². The first-order valence-corrected chi connectivity index (χ1v) is 12.5. The average Bonchev–Trinajstić information content (AvgIpc) is 2.73. The number of carbonyl (C=O) groups excluding carboxylic acids is 1. The number of hydrogen-bond donors (Lipinski definition) is 1. The fraction of sp³-hybridized carbons (Fsp3) is 0.269. The van der Waals surface area contributed by atoms with E-state index in [2.05, 4.69) is 5.32 Å². The molecule has 3 rings (SSSR count). The van der Waals surface area contributed by atoms with Crippen molar-refractivity contribution in [2.24, 2.45) is 0 Å². The van der Waals surface area contributed by atoms with Crippen molar-refractivity contribution in [3.63, 3.8) is 0 Å². The summed E-state index contributed by atoms with van der Waals surface area (Å²) in [5.74, 6) is -0.388. The Kier molecular flexibility index (Phi) is 7.50. The van der Waals surface area contributed by atoms with Crippen LogP contribution in [0.25, 0.3) is 0 Å². The molecule has 0 saturated heterocycles. The number of halogens is 1. The van der Waals surface area contributed by atoms with Crippen molar-refractivity contribution in [1.82, 2.24) is 5.32 Å². The molecule has 1 N–H and O–H groups in total. The molecule has 7 heteroatoms. The van der Waals surface area contributed by atoms with Crippen LogP contribution in [0.2, 0.25) is 5.02 Å². The summed E-state index contributed by atoms with van der Waals surface area (Å²) in [5.41, 5.74) is 2.54. The van der Waals surface area contributed by atoms with Gasteiger partial charge in [0.15, 0.2) is 0 Å². The Bertz CT molecular complexity index is 1220. The molecular formula is C26H29ClN2O3S. The third kappa shape index (κ3) is 6.36. The zero-order valence-electron chi connectivity index (χ0n) is 19.3. The monoisotopic (exact) mass is 484 g/mol. The van der Waals surface area contributed by atoms with Gasteiger partial charge >= 0.3 is 0 Å². The van der Waals surface area contributed by atoms with Crippen LogP contribution in [0.5, 0.6) is 0 Å². The van der Waals surface area contributed by atoms with E-state index in [1.807, 2.05) is 51.1 Å². The Labute approximate surface area is 201 Å². The molecular weight excluding hydrogens is 456 g/mol. The average molecular weight is 485 g/mol. The van der Waals surface area contributed by atoms with Crippen LogP contribution < -0.4 is 9.62 Å². The van der Waals surface area contributed by atoms with Gasteiger partial charge in [-0.25, -0.2) is 8.42 Å². The summed E-state index contributed by atoms with van der Waals surface area (Å²) in [6.45, 7) is 7.15. The van der Waals surface area contributed by atoms with E-state index in [9.17, 15) is 13.2 Å². The van der Waals surface area contributed by atoms with E-state index in [4.69, 9.17) is 11.6 Å². The molecule has 0 aromatic heterocycles. The van der Waals surface area contributed by atoms with Crippen molar-refractivity contribution in [3.8, 4) is 0 Å². The standard InChI is InChI=1S/C26H29ClN2O3S/c1-19-10-13-23(14-11-19)33(31,32)29(24-15-12-22(27)16-20(24)2)18-25(30)28-26(3,4)17-21-8-6-5-7-9-21/h5-16H,17-18H2,1-4H3,(H,28,30). The summed E-state index contributed by atoms with van der Waals surface area (Å²) in [7, 11) is -3.99. The molecule has 0 aliphatic rings. The molecule has 0 fully saturated rings. The van der Waals surface area contributed by atoms with Crippen molar-refractivity contribution in [2.75, 3.05) is 10.8 Å². The second kappa shape index (κ2) is 9.98. The van der Waals surface area contributed by atoms with Gasteiger partial charge in [0.25, 0.3) is 10.0 Å². The first kappa shape index (κ1) is 24.8. The maximum absolute atomic E-state index is 13.6. The maximum atomic E-state index is 13.6. The van der Waals surface area contributed by atoms with Gasteiger partial charge in [0.2, 0.25) is 5.91 Å². The molecule has 0 heterocycles. The molecule has 0 atom stereocenters. The Morgan fingerprint density at radius 1 is 0.970 bits per heavy atom. The zero-order valence-corrected chi connectivity index (χ0v) is 20.9. The molecule has 0 aliphatic carbocycles. The van der Waals surface area contributed by atoms with Crippen molar-refractivity contribution >= 4 is 33.2 Å². The van der Waals surface area contributed by atoms with Gasteiger partial charge < -0.3 is 5.32 Å². The third-order valence-corrected chi connectivity index (χ3v) is 7.30. The maximum Gasteiger partial charge on any atom is 0.264 e. The molecule has 3 aromatic carbocycles. The molecule has 33 heavy (non-hydrogen) atoms. The summed E-state index contributed by atoms with van der Waals surface area (Å²) in [4.78, 5) is 13.2. The van der Waals surface area contributed by atoms with Crippen molar-refractivity contribution in [2.45, 2.75) is 44.6 Å². The van der Waals surface area contributed by atoms with Crippen molar-refractivity contribution < 1.29 is 13.2 Å². The summed E-state index contributed by atoms with van der Waals surface area (Å²) < 4.78 is 28.3. The lowest BCUT2D eigenvalue weighted by molar-refractivity contribution is -0.121. The van der Waals surface area contributed by atoms with E-state index in [1.54, 1.807) is 49.4 Å². The van der Waals surface area contributed by atoms with Crippen LogP contribution >= 0.6 is 11.6 Å². The summed E-state index contributed by atoms with van der Waals surface area (Å²) >= 11 is 6.09. The molecule has 0 aliphatic heterocycles. The normalized spacial score (nSPS) is 11.8. The Morgan fingerprint density at radius 2 is 1.61 bits per heavy atom. The molecule has 0 spiro atoms. The highest BCUT2D eigenvalue weighted by molar-refractivity contribution is 7.92. The Balaban J connectivity index is 1.91. The number of anilines is 1. The predicted molar refractivity (Wildman–Crippen MR) is 134 cm³/mol. The van der Waals surface area contributed by atoms with E-state index in [-0.39, 0.29) is 17.3 Å². The van der Waals surface area contributed by atoms with Crippen LogP contribution in [0.1, 0.15) is 30.5 Å². The van der Waals surface area contributed by atoms with Crippen LogP contribution in [-0.2, 0) is 21.2 Å². The number of hydrogen-bond acceptors (Lipinski definition) is 3. The Morgan fingerprint density at radius 3 is 2.21 bits per heavy atom. The van der Waals surface area contributed by atoms with Crippen molar-refractivity contribution in [1.29, 1.82) is 0 Å². The number of nitrogens with zero attached hydrogens (tertiary/aromatic N) is 1. The minimum absolute atomic E-state index is 0.124. The second-order valence-electron chi connectivity index (χ2n) is 8.85. The number of amides is 1. The van der Waals surface area contributed by atoms with Gasteiger partial charge in [-0.1, -0.05) is 59.6 Å². The smallest absolute Gasteiger partial charge is 0.264 e. The largest absolute Gasteiger partial charge is 0.349 e. The summed E-state index contributed by atoms with van der Waals surface area (Å²) in [6, 6.07) is 21.4. The Hall–Kier alpha value is -2.83. The van der Waals surface area contributed by atoms with Crippen LogP contribution in [0.4, 0.5) is 5.69 Å². The van der Waals surface area contributed by atoms with E-state index < -0.39 is 15.6 Å². The summed E-state index contributed by atoms with van der Waals surface area (Å²) in [5, 5.41) is 3.49. The molecule has 0 bridgehead atoms. The van der Waals surface area contributed by atoms with Crippen LogP contribution in [-0.4, -0.2) is 26.4 Å². The van der Waals surface area contributed by atoms with Gasteiger partial charge in [-0.05, 0) is 75.6 Å². The lowest BCUT2D eigenvalue weighted by Gasteiger charge is -2.30. The lowest BCUT2D eigenvalue weighted by atomic mass is 9.95. The van der Waals surface area contributed by atoms with Gasteiger partial charge in [-0.2, -0.15) is 0 Å². The second-order valence-corrected chi connectivity index (χ2v) is 11.1. The van der Waals surface area contributed by atoms with E-state index in [0.717, 1.165) is 15.4 Å². The molecule has 1 amide bonds. The van der Waals surface area contributed by atoms with Crippen LogP contribution in [0.15, 0.2) is 77.7 Å². The fourth-order valence-corrected chi connectivity index (χ4v) is 5.45. The quantitative estimate of drug-likeness (QED) is 0.472. The summed E-state index contributed by atoms with van der Waals surface area (Å²) in [6.07, 6.45) is 0.615. The number of carbonyl (C=O) groups is 1. The van der Waals surface area contributed by atoms with Gasteiger partial charge in [-0.15, -0.1) is 0 Å². The molecule has 0 radical (unpaired) electrons. The number of rotatable bonds is 8. The van der Waals surface area contributed by atoms with E-state index in [0.29, 0.717) is 22.7 Å². The van der Waals surface area contributed by atoms with E-state index in [1.165, 1.54) is 0 Å². The van der Waals surface area contributed by atoms with Gasteiger partial charge in [-0.3, -0.25) is 9.10 Å². The van der Waals surface area contributed by atoms with Crippen molar-refractivity contribution in [3.05, 3.63) is 94.5 Å². The first-order valence-electron chi connectivity index (χ1n) is 10.7. The predicted octanol–water partition coefficient (Wildman–Crippen LogP) is 5.29. The highest BCUT2D eigenvalue weighted by Gasteiger charge is 2.30. The highest BCUT2D eigenvalue weighted by atomic mass is 35.5. The molecule has 5 nitrogen and oxygen atoms in total. The minimum Gasteiger partial charge on any atom is -0.349 e. The molecule has 0 saturated carbocycles. The number of benzene rings is 3.